The highest BCUT2D eigenvalue weighted by molar-refractivity contribution is 5.80. The predicted molar refractivity (Wildman–Crippen MR) is 84.0 cm³/mol. The molecule has 2 aliphatic rings. The Labute approximate surface area is 128 Å². The van der Waals surface area contributed by atoms with Crippen LogP contribution in [0.2, 0.25) is 0 Å². The van der Waals surface area contributed by atoms with E-state index >= 15 is 0 Å². The summed E-state index contributed by atoms with van der Waals surface area (Å²) in [5.74, 6) is 0.526. The van der Waals surface area contributed by atoms with Crippen LogP contribution in [0.1, 0.15) is 38.5 Å². The van der Waals surface area contributed by atoms with Crippen molar-refractivity contribution in [3.63, 3.8) is 0 Å². The van der Waals surface area contributed by atoms with Crippen molar-refractivity contribution in [2.45, 2.75) is 50.1 Å². The van der Waals surface area contributed by atoms with Crippen molar-refractivity contribution in [3.05, 3.63) is 0 Å². The van der Waals surface area contributed by atoms with Crippen LogP contribution in [0.25, 0.3) is 0 Å². The topological polar surface area (TPSA) is 58.8 Å². The van der Waals surface area contributed by atoms with Gasteiger partial charge in [-0.2, -0.15) is 0 Å². The van der Waals surface area contributed by atoms with Gasteiger partial charge in [0.2, 0.25) is 0 Å². The lowest BCUT2D eigenvalue weighted by Crippen LogP contribution is -2.56. The van der Waals surface area contributed by atoms with Gasteiger partial charge in [0.25, 0.3) is 0 Å². The third-order valence-electron chi connectivity index (χ3n) is 5.36. The van der Waals surface area contributed by atoms with Crippen molar-refractivity contribution in [2.75, 3.05) is 40.8 Å². The van der Waals surface area contributed by atoms with Crippen molar-refractivity contribution in [2.24, 2.45) is 11.7 Å². The monoisotopic (exact) mass is 297 g/mol. The van der Waals surface area contributed by atoms with E-state index in [1.807, 2.05) is 0 Å². The number of methoxy groups -OCH3 is 1. The van der Waals surface area contributed by atoms with Crippen LogP contribution in [0.15, 0.2) is 0 Å². The molecule has 0 spiro atoms. The van der Waals surface area contributed by atoms with Gasteiger partial charge in [0.05, 0.1) is 7.11 Å². The number of nitrogens with zero attached hydrogens (tertiary/aromatic N) is 2. The maximum absolute atomic E-state index is 11.9. The summed E-state index contributed by atoms with van der Waals surface area (Å²) in [4.78, 5) is 16.7. The molecule has 2 unspecified atom stereocenters. The van der Waals surface area contributed by atoms with Crippen molar-refractivity contribution < 1.29 is 9.53 Å². The van der Waals surface area contributed by atoms with Gasteiger partial charge in [-0.25, -0.2) is 0 Å². The Hall–Kier alpha value is -0.650. The predicted octanol–water partition coefficient (Wildman–Crippen LogP) is 1.07. The summed E-state index contributed by atoms with van der Waals surface area (Å²) in [6.07, 6.45) is 6.17. The lowest BCUT2D eigenvalue weighted by atomic mass is 9.79. The van der Waals surface area contributed by atoms with E-state index < -0.39 is 5.54 Å². The van der Waals surface area contributed by atoms with E-state index in [1.54, 1.807) is 0 Å². The number of esters is 1. The molecule has 21 heavy (non-hydrogen) atoms. The summed E-state index contributed by atoms with van der Waals surface area (Å²) in [5, 5.41) is 0. The summed E-state index contributed by atoms with van der Waals surface area (Å²) >= 11 is 0. The smallest absolute Gasteiger partial charge is 0.325 e. The Bertz CT molecular complexity index is 355. The quantitative estimate of drug-likeness (QED) is 0.787. The van der Waals surface area contributed by atoms with Gasteiger partial charge >= 0.3 is 5.97 Å². The average Bonchev–Trinajstić information content (AvgIpc) is 2.48. The van der Waals surface area contributed by atoms with Crippen molar-refractivity contribution >= 4 is 5.97 Å². The zero-order valence-corrected chi connectivity index (χ0v) is 13.8. The number of piperidine rings is 1. The number of likely N-dealkylation sites (tertiary alicyclic amines) is 1. The van der Waals surface area contributed by atoms with Crippen LogP contribution < -0.4 is 5.73 Å². The summed E-state index contributed by atoms with van der Waals surface area (Å²) in [5.41, 5.74) is 5.51. The molecule has 0 bridgehead atoms. The number of ether oxygens (including phenoxy) is 1. The van der Waals surface area contributed by atoms with Gasteiger partial charge in [-0.3, -0.25) is 4.79 Å². The molecule has 1 heterocycles. The van der Waals surface area contributed by atoms with Gasteiger partial charge in [-0.1, -0.05) is 0 Å². The molecule has 122 valence electrons. The van der Waals surface area contributed by atoms with Crippen molar-refractivity contribution in [3.8, 4) is 0 Å². The van der Waals surface area contributed by atoms with E-state index in [1.165, 1.54) is 33.0 Å². The molecule has 1 saturated heterocycles. The van der Waals surface area contributed by atoms with Gasteiger partial charge in [0.1, 0.15) is 5.54 Å². The molecule has 1 saturated carbocycles. The fourth-order valence-corrected chi connectivity index (χ4v) is 3.84. The SMILES string of the molecule is COC(=O)C1(N)CCCC(N(C)CC2CCN(C)CC2)C1. The van der Waals surface area contributed by atoms with E-state index in [9.17, 15) is 4.79 Å². The van der Waals surface area contributed by atoms with Gasteiger partial charge < -0.3 is 20.3 Å². The molecule has 0 radical (unpaired) electrons. The summed E-state index contributed by atoms with van der Waals surface area (Å²) in [6, 6.07) is 0.405. The average molecular weight is 297 g/mol. The summed E-state index contributed by atoms with van der Waals surface area (Å²) in [7, 11) is 5.81. The third kappa shape index (κ3) is 4.18. The number of carbonyl (C=O) groups is 1. The first-order valence-corrected chi connectivity index (χ1v) is 8.20. The van der Waals surface area contributed by atoms with E-state index in [-0.39, 0.29) is 5.97 Å². The molecular formula is C16H31N3O2. The van der Waals surface area contributed by atoms with Gasteiger partial charge in [0, 0.05) is 12.6 Å². The number of carbonyl (C=O) groups excluding carboxylic acids is 1. The molecule has 2 N–H and O–H groups in total. The zero-order valence-electron chi connectivity index (χ0n) is 13.8. The fourth-order valence-electron chi connectivity index (χ4n) is 3.84. The van der Waals surface area contributed by atoms with Crippen LogP contribution in [0, 0.1) is 5.92 Å². The second-order valence-electron chi connectivity index (χ2n) is 7.08. The fraction of sp³-hybridized carbons (Fsp3) is 0.938. The van der Waals surface area contributed by atoms with Crippen LogP contribution in [-0.2, 0) is 9.53 Å². The van der Waals surface area contributed by atoms with Gasteiger partial charge in [-0.15, -0.1) is 0 Å². The Morgan fingerprint density at radius 1 is 1.38 bits per heavy atom. The van der Waals surface area contributed by atoms with Crippen LogP contribution >= 0.6 is 0 Å². The summed E-state index contributed by atoms with van der Waals surface area (Å²) < 4.78 is 4.89. The second-order valence-corrected chi connectivity index (χ2v) is 7.08. The number of rotatable bonds is 4. The molecular weight excluding hydrogens is 266 g/mol. The highest BCUT2D eigenvalue weighted by Gasteiger charge is 2.41. The minimum atomic E-state index is -0.779. The molecule has 1 aliphatic carbocycles. The molecule has 0 aromatic carbocycles. The number of nitrogens with two attached hydrogens (primary N) is 1. The van der Waals surface area contributed by atoms with Crippen LogP contribution in [0.4, 0.5) is 0 Å². The van der Waals surface area contributed by atoms with Crippen LogP contribution in [0.3, 0.4) is 0 Å². The minimum absolute atomic E-state index is 0.250. The largest absolute Gasteiger partial charge is 0.468 e. The van der Waals surface area contributed by atoms with E-state index in [4.69, 9.17) is 10.5 Å². The molecule has 0 aromatic rings. The Morgan fingerprint density at radius 2 is 2.05 bits per heavy atom. The molecule has 2 rings (SSSR count). The Balaban J connectivity index is 1.87. The van der Waals surface area contributed by atoms with E-state index in [2.05, 4.69) is 23.9 Å². The minimum Gasteiger partial charge on any atom is -0.468 e. The molecule has 2 fully saturated rings. The zero-order chi connectivity index (χ0) is 15.5. The van der Waals surface area contributed by atoms with Crippen LogP contribution in [-0.4, -0.2) is 68.2 Å². The Morgan fingerprint density at radius 3 is 2.67 bits per heavy atom. The van der Waals surface area contributed by atoms with E-state index in [0.29, 0.717) is 6.04 Å². The highest BCUT2D eigenvalue weighted by atomic mass is 16.5. The maximum atomic E-state index is 11.9. The summed E-state index contributed by atoms with van der Waals surface area (Å²) in [6.45, 7) is 3.52. The lowest BCUT2D eigenvalue weighted by Gasteiger charge is -2.41. The molecule has 1 aliphatic heterocycles. The molecule has 0 amide bonds. The van der Waals surface area contributed by atoms with Crippen molar-refractivity contribution in [1.82, 2.24) is 9.80 Å². The van der Waals surface area contributed by atoms with Gasteiger partial charge in [-0.05, 0) is 71.6 Å². The molecule has 0 aromatic heterocycles. The van der Waals surface area contributed by atoms with E-state index in [0.717, 1.165) is 38.1 Å². The van der Waals surface area contributed by atoms with Crippen molar-refractivity contribution in [1.29, 1.82) is 0 Å². The van der Waals surface area contributed by atoms with Crippen LogP contribution in [0.5, 0.6) is 0 Å². The first-order chi connectivity index (χ1) is 9.94. The van der Waals surface area contributed by atoms with Gasteiger partial charge in [0.15, 0.2) is 0 Å². The lowest BCUT2D eigenvalue weighted by molar-refractivity contribution is -0.149. The maximum Gasteiger partial charge on any atom is 0.325 e. The number of hydrogen-bond acceptors (Lipinski definition) is 5. The highest BCUT2D eigenvalue weighted by Crippen LogP contribution is 2.31. The first-order valence-electron chi connectivity index (χ1n) is 8.20. The normalized spacial score (nSPS) is 32.3. The molecule has 5 heteroatoms. The third-order valence-corrected chi connectivity index (χ3v) is 5.36. The number of hydrogen-bond donors (Lipinski definition) is 1. The second kappa shape index (κ2) is 7.07. The first kappa shape index (κ1) is 16.7. The molecule has 2 atom stereocenters. The molecule has 5 nitrogen and oxygen atoms in total. The standard InChI is InChI=1S/C16H31N3O2/c1-18-9-6-13(7-10-18)12-19(2)14-5-4-8-16(17,11-14)15(20)21-3/h13-14H,4-12,17H2,1-3H3. The Kier molecular flexibility index (Phi) is 5.63.